The fourth-order valence-electron chi connectivity index (χ4n) is 1.63. The van der Waals surface area contributed by atoms with Crippen molar-refractivity contribution < 1.29 is 13.4 Å². The highest BCUT2D eigenvalue weighted by atomic mass is 31.1. The Balaban J connectivity index is 0.000000956. The van der Waals surface area contributed by atoms with Crippen LogP contribution in [0.1, 0.15) is 26.5 Å². The van der Waals surface area contributed by atoms with Crippen LogP contribution in [0, 0.1) is 5.82 Å². The first-order chi connectivity index (χ1) is 9.69. The van der Waals surface area contributed by atoms with Gasteiger partial charge >= 0.3 is 0 Å². The van der Waals surface area contributed by atoms with Gasteiger partial charge in [-0.05, 0) is 37.9 Å². The van der Waals surface area contributed by atoms with E-state index in [-0.39, 0.29) is 5.82 Å². The van der Waals surface area contributed by atoms with Gasteiger partial charge in [0, 0.05) is 32.5 Å². The molecule has 1 aromatic carbocycles. The SMILES string of the molecule is CC.CCOP(C)Cc1cc(-c2ccc(F)cc2)on1. The summed E-state index contributed by atoms with van der Waals surface area (Å²) in [5.41, 5.74) is 1.70. The highest BCUT2D eigenvalue weighted by Crippen LogP contribution is 2.36. The molecule has 1 heterocycles. The standard InChI is InChI=1S/C13H15FNO2P.C2H6/c1-3-16-18(2)9-12-8-13(17-15-12)10-4-6-11(14)7-5-10;1-2/h4-8H,3,9H2,1-2H3;1-2H3. The average Bonchev–Trinajstić information content (AvgIpc) is 2.90. The molecular weight excluding hydrogens is 276 g/mol. The Morgan fingerprint density at radius 1 is 1.25 bits per heavy atom. The zero-order chi connectivity index (χ0) is 15.0. The Kier molecular flexibility index (Phi) is 7.42. The first-order valence-corrected chi connectivity index (χ1v) is 8.64. The lowest BCUT2D eigenvalue weighted by Crippen LogP contribution is -1.87. The van der Waals surface area contributed by atoms with Crippen molar-refractivity contribution in [1.29, 1.82) is 0 Å². The van der Waals surface area contributed by atoms with E-state index in [2.05, 4.69) is 11.8 Å². The number of hydrogen-bond acceptors (Lipinski definition) is 3. The second-order valence-corrected chi connectivity index (χ2v) is 5.72. The van der Waals surface area contributed by atoms with Crippen LogP contribution in [0.3, 0.4) is 0 Å². The second-order valence-electron chi connectivity index (χ2n) is 3.89. The minimum absolute atomic E-state index is 0.257. The van der Waals surface area contributed by atoms with Crippen molar-refractivity contribution in [2.24, 2.45) is 0 Å². The third kappa shape index (κ3) is 5.03. The maximum Gasteiger partial charge on any atom is 0.167 e. The van der Waals surface area contributed by atoms with Gasteiger partial charge in [0.05, 0.1) is 5.69 Å². The Hall–Kier alpha value is -1.25. The van der Waals surface area contributed by atoms with Crippen LogP contribution in [0.4, 0.5) is 4.39 Å². The topological polar surface area (TPSA) is 35.3 Å². The van der Waals surface area contributed by atoms with Crippen LogP contribution in [0.5, 0.6) is 0 Å². The van der Waals surface area contributed by atoms with Crippen LogP contribution in [-0.2, 0) is 10.7 Å². The average molecular weight is 297 g/mol. The zero-order valence-corrected chi connectivity index (χ0v) is 13.3. The molecule has 0 radical (unpaired) electrons. The molecule has 0 N–H and O–H groups in total. The van der Waals surface area contributed by atoms with Gasteiger partial charge in [0.2, 0.25) is 0 Å². The van der Waals surface area contributed by atoms with Gasteiger partial charge in [0.25, 0.3) is 0 Å². The summed E-state index contributed by atoms with van der Waals surface area (Å²) in [6.07, 6.45) is 0.772. The molecule has 1 aromatic heterocycles. The van der Waals surface area contributed by atoms with E-state index in [0.29, 0.717) is 12.4 Å². The van der Waals surface area contributed by atoms with E-state index in [0.717, 1.165) is 17.4 Å². The van der Waals surface area contributed by atoms with Crippen LogP contribution in [0.15, 0.2) is 34.9 Å². The predicted octanol–water partition coefficient (Wildman–Crippen LogP) is 5.07. The Labute approximate surface area is 121 Å². The predicted molar refractivity (Wildman–Crippen MR) is 81.4 cm³/mol. The molecule has 5 heteroatoms. The number of nitrogens with zero attached hydrogens (tertiary/aromatic N) is 1. The number of aromatic nitrogens is 1. The molecule has 1 unspecified atom stereocenters. The highest BCUT2D eigenvalue weighted by molar-refractivity contribution is 7.50. The first-order valence-electron chi connectivity index (χ1n) is 6.74. The van der Waals surface area contributed by atoms with Crippen LogP contribution in [0.25, 0.3) is 11.3 Å². The van der Waals surface area contributed by atoms with E-state index < -0.39 is 8.15 Å². The van der Waals surface area contributed by atoms with Gasteiger partial charge < -0.3 is 9.05 Å². The van der Waals surface area contributed by atoms with Gasteiger partial charge in [-0.1, -0.05) is 19.0 Å². The molecule has 1 atom stereocenters. The number of hydrogen-bond donors (Lipinski definition) is 0. The van der Waals surface area contributed by atoms with Crippen molar-refractivity contribution in [3.8, 4) is 11.3 Å². The first kappa shape index (κ1) is 16.8. The van der Waals surface area contributed by atoms with E-state index >= 15 is 0 Å². The Morgan fingerprint density at radius 2 is 1.90 bits per heavy atom. The van der Waals surface area contributed by atoms with Crippen molar-refractivity contribution >= 4 is 8.15 Å². The fraction of sp³-hybridized carbons (Fsp3) is 0.400. The van der Waals surface area contributed by atoms with E-state index in [1.54, 1.807) is 12.1 Å². The molecule has 3 nitrogen and oxygen atoms in total. The fourth-order valence-corrected chi connectivity index (χ4v) is 2.77. The molecule has 0 fully saturated rings. The Bertz CT molecular complexity index is 499. The van der Waals surface area contributed by atoms with Gasteiger partial charge in [0.15, 0.2) is 5.76 Å². The molecule has 0 aliphatic rings. The quantitative estimate of drug-likeness (QED) is 0.723. The van der Waals surface area contributed by atoms with Gasteiger partial charge in [-0.2, -0.15) is 0 Å². The van der Waals surface area contributed by atoms with Gasteiger partial charge in [-0.15, -0.1) is 0 Å². The van der Waals surface area contributed by atoms with Crippen molar-refractivity contribution in [2.75, 3.05) is 13.3 Å². The molecule has 0 saturated carbocycles. The summed E-state index contributed by atoms with van der Waals surface area (Å²) < 4.78 is 23.6. The molecule has 0 bridgehead atoms. The lowest BCUT2D eigenvalue weighted by molar-refractivity contribution is 0.378. The largest absolute Gasteiger partial charge is 0.359 e. The molecule has 2 aromatic rings. The van der Waals surface area contributed by atoms with E-state index in [1.165, 1.54) is 12.1 Å². The Morgan fingerprint density at radius 3 is 2.50 bits per heavy atom. The third-order valence-electron chi connectivity index (χ3n) is 2.42. The highest BCUT2D eigenvalue weighted by Gasteiger charge is 2.10. The number of rotatable bonds is 5. The minimum atomic E-state index is -0.500. The summed E-state index contributed by atoms with van der Waals surface area (Å²) >= 11 is 0. The van der Waals surface area contributed by atoms with E-state index in [9.17, 15) is 4.39 Å². The number of halogens is 1. The third-order valence-corrected chi connectivity index (χ3v) is 3.89. The summed E-state index contributed by atoms with van der Waals surface area (Å²) in [5, 5.41) is 4.00. The van der Waals surface area contributed by atoms with Crippen molar-refractivity contribution in [1.82, 2.24) is 5.16 Å². The second kappa shape index (κ2) is 8.83. The van der Waals surface area contributed by atoms with Crippen molar-refractivity contribution in [3.05, 3.63) is 41.8 Å². The lowest BCUT2D eigenvalue weighted by Gasteiger charge is -2.07. The van der Waals surface area contributed by atoms with Gasteiger partial charge in [-0.3, -0.25) is 0 Å². The maximum atomic E-state index is 12.8. The molecular formula is C15H21FNO2P. The van der Waals surface area contributed by atoms with E-state index in [1.807, 2.05) is 26.8 Å². The molecule has 110 valence electrons. The molecule has 20 heavy (non-hydrogen) atoms. The smallest absolute Gasteiger partial charge is 0.167 e. The van der Waals surface area contributed by atoms with Crippen LogP contribution in [-0.4, -0.2) is 18.4 Å². The van der Waals surface area contributed by atoms with Crippen molar-refractivity contribution in [3.63, 3.8) is 0 Å². The van der Waals surface area contributed by atoms with Crippen molar-refractivity contribution in [2.45, 2.75) is 26.9 Å². The maximum absolute atomic E-state index is 12.8. The van der Waals surface area contributed by atoms with E-state index in [4.69, 9.17) is 9.05 Å². The monoisotopic (exact) mass is 297 g/mol. The summed E-state index contributed by atoms with van der Waals surface area (Å²) in [6.45, 7) is 8.75. The summed E-state index contributed by atoms with van der Waals surface area (Å²) in [4.78, 5) is 0. The minimum Gasteiger partial charge on any atom is -0.359 e. The zero-order valence-electron chi connectivity index (χ0n) is 12.4. The normalized spacial score (nSPS) is 11.7. The van der Waals surface area contributed by atoms with Crippen LogP contribution < -0.4 is 0 Å². The molecule has 0 saturated heterocycles. The van der Waals surface area contributed by atoms with Gasteiger partial charge in [-0.25, -0.2) is 4.39 Å². The summed E-state index contributed by atoms with van der Waals surface area (Å²) in [6, 6.07) is 8.05. The molecule has 0 amide bonds. The summed E-state index contributed by atoms with van der Waals surface area (Å²) in [5.74, 6) is 0.400. The molecule has 0 spiro atoms. The lowest BCUT2D eigenvalue weighted by atomic mass is 10.1. The molecule has 0 aliphatic heterocycles. The van der Waals surface area contributed by atoms with Crippen LogP contribution >= 0.6 is 8.15 Å². The summed E-state index contributed by atoms with van der Waals surface area (Å²) in [7, 11) is -0.500. The van der Waals surface area contributed by atoms with Gasteiger partial charge in [0.1, 0.15) is 5.82 Å². The molecule has 0 aliphatic carbocycles. The van der Waals surface area contributed by atoms with Crippen LogP contribution in [0.2, 0.25) is 0 Å². The molecule has 2 rings (SSSR count). The number of benzene rings is 1.